The number of methoxy groups -OCH3 is 2. The summed E-state index contributed by atoms with van der Waals surface area (Å²) >= 11 is 1.19. The second kappa shape index (κ2) is 12.4. The Morgan fingerprint density at radius 2 is 1.84 bits per heavy atom. The van der Waals surface area contributed by atoms with Crippen molar-refractivity contribution in [3.05, 3.63) is 102 Å². The largest absolute Gasteiger partial charge is 0.497 e. The molecule has 0 bridgehead atoms. The van der Waals surface area contributed by atoms with Gasteiger partial charge in [0.2, 0.25) is 0 Å². The lowest BCUT2D eigenvalue weighted by Crippen LogP contribution is -2.43. The molecule has 10 nitrogen and oxygen atoms in total. The second-order valence-corrected chi connectivity index (χ2v) is 11.2. The van der Waals surface area contributed by atoms with Crippen molar-refractivity contribution in [2.75, 3.05) is 27.3 Å². The van der Waals surface area contributed by atoms with Crippen molar-refractivity contribution in [3.8, 4) is 22.8 Å². The lowest BCUT2D eigenvalue weighted by atomic mass is 9.93. The summed E-state index contributed by atoms with van der Waals surface area (Å²) in [6.07, 6.45) is 1.63. The highest BCUT2D eigenvalue weighted by atomic mass is 32.1. The minimum atomic E-state index is -1.02. The zero-order valence-electron chi connectivity index (χ0n) is 25.3. The number of aromatic carboxylic acids is 1. The van der Waals surface area contributed by atoms with Crippen LogP contribution in [0.4, 0.5) is 0 Å². The van der Waals surface area contributed by atoms with E-state index in [1.165, 1.54) is 15.9 Å². The molecule has 0 spiro atoms. The number of carboxylic acid groups (broad SMARTS) is 1. The van der Waals surface area contributed by atoms with Crippen LogP contribution >= 0.6 is 11.3 Å². The van der Waals surface area contributed by atoms with Crippen LogP contribution in [0.2, 0.25) is 0 Å². The monoisotopic (exact) mass is 615 g/mol. The second-order valence-electron chi connectivity index (χ2n) is 10.2. The van der Waals surface area contributed by atoms with Gasteiger partial charge in [0, 0.05) is 30.3 Å². The van der Waals surface area contributed by atoms with Gasteiger partial charge < -0.3 is 23.9 Å². The maximum absolute atomic E-state index is 14.1. The van der Waals surface area contributed by atoms with E-state index in [0.717, 1.165) is 0 Å². The van der Waals surface area contributed by atoms with Crippen LogP contribution in [0.1, 0.15) is 54.1 Å². The summed E-state index contributed by atoms with van der Waals surface area (Å²) < 4.78 is 19.2. The van der Waals surface area contributed by atoms with Gasteiger partial charge in [-0.05, 0) is 69.7 Å². The first kappa shape index (κ1) is 30.6. The van der Waals surface area contributed by atoms with Crippen molar-refractivity contribution in [2.24, 2.45) is 4.99 Å². The third kappa shape index (κ3) is 5.35. The van der Waals surface area contributed by atoms with E-state index in [0.29, 0.717) is 73.4 Å². The Kier molecular flexibility index (Phi) is 8.59. The SMILES string of the molecule is CCN(CC)C(=O)C1=C(C)N=c2s/c(=C/c3ccc(-c4cccc(C(=O)O)c4C)o3)c(=O)n2[C@H]1c1cc(OC)ccc1OC. The molecule has 11 heteroatoms. The number of benzene rings is 2. The van der Waals surface area contributed by atoms with Gasteiger partial charge in [-0.1, -0.05) is 23.5 Å². The molecule has 1 aliphatic rings. The van der Waals surface area contributed by atoms with Crippen LogP contribution in [0.15, 0.2) is 74.0 Å². The van der Waals surface area contributed by atoms with E-state index in [-0.39, 0.29) is 17.0 Å². The molecular weight excluding hydrogens is 582 g/mol. The van der Waals surface area contributed by atoms with Crippen LogP contribution in [-0.4, -0.2) is 53.8 Å². The maximum atomic E-state index is 14.1. The fourth-order valence-corrected chi connectivity index (χ4v) is 6.49. The van der Waals surface area contributed by atoms with E-state index >= 15 is 0 Å². The molecule has 2 aromatic carbocycles. The van der Waals surface area contributed by atoms with Gasteiger partial charge >= 0.3 is 5.97 Å². The number of rotatable bonds is 9. The molecule has 0 aliphatic carbocycles. The summed E-state index contributed by atoms with van der Waals surface area (Å²) in [5, 5.41) is 9.52. The minimum absolute atomic E-state index is 0.187. The van der Waals surface area contributed by atoms with Crippen LogP contribution in [0.3, 0.4) is 0 Å². The van der Waals surface area contributed by atoms with Crippen LogP contribution in [0, 0.1) is 6.92 Å². The lowest BCUT2D eigenvalue weighted by molar-refractivity contribution is -0.127. The van der Waals surface area contributed by atoms with E-state index in [2.05, 4.69) is 0 Å². The number of carbonyl (C=O) groups is 2. The number of nitrogens with zero attached hydrogens (tertiary/aromatic N) is 3. The highest BCUT2D eigenvalue weighted by Gasteiger charge is 2.36. The van der Waals surface area contributed by atoms with Gasteiger partial charge in [0.25, 0.3) is 11.5 Å². The molecule has 1 N–H and O–H groups in total. The number of fused-ring (bicyclic) bond motifs is 1. The molecule has 5 rings (SSSR count). The molecular formula is C33H33N3O7S. The van der Waals surface area contributed by atoms with Gasteiger partial charge in [-0.25, -0.2) is 9.79 Å². The number of carboxylic acids is 1. The van der Waals surface area contributed by atoms with Gasteiger partial charge in [-0.3, -0.25) is 14.2 Å². The summed E-state index contributed by atoms with van der Waals surface area (Å²) in [6.45, 7) is 8.31. The zero-order chi connectivity index (χ0) is 31.7. The zero-order valence-corrected chi connectivity index (χ0v) is 26.2. The molecule has 0 fully saturated rings. The quantitative estimate of drug-likeness (QED) is 0.296. The number of hydrogen-bond donors (Lipinski definition) is 1. The molecule has 44 heavy (non-hydrogen) atoms. The Morgan fingerprint density at radius 3 is 2.50 bits per heavy atom. The Hall–Kier alpha value is -4.90. The van der Waals surface area contributed by atoms with E-state index in [1.54, 1.807) is 87.6 Å². The number of thiazole rings is 1. The Labute approximate surface area is 257 Å². The number of ether oxygens (including phenoxy) is 2. The number of carbonyl (C=O) groups excluding carboxylic acids is 1. The summed E-state index contributed by atoms with van der Waals surface area (Å²) in [7, 11) is 3.09. The van der Waals surface area contributed by atoms with E-state index < -0.39 is 12.0 Å². The highest BCUT2D eigenvalue weighted by molar-refractivity contribution is 7.07. The molecule has 0 saturated heterocycles. The van der Waals surface area contributed by atoms with Crippen LogP contribution in [-0.2, 0) is 4.79 Å². The van der Waals surface area contributed by atoms with Crippen LogP contribution in [0.25, 0.3) is 17.4 Å². The standard InChI is InChI=1S/C33H33N3O7S/c1-7-35(8-2)31(38)28-19(4)34-33-36(29(28)24-16-20(41-5)12-14-25(24)42-6)30(37)27(44-33)17-21-13-15-26(43-21)22-10-9-11-23(18(22)3)32(39)40/h9-17,29H,7-8H2,1-6H3,(H,39,40)/b27-17+/t29-/m0/s1. The van der Waals surface area contributed by atoms with Gasteiger partial charge in [-0.15, -0.1) is 0 Å². The Balaban J connectivity index is 1.69. The molecule has 0 saturated carbocycles. The summed E-state index contributed by atoms with van der Waals surface area (Å²) in [6, 6.07) is 12.9. The number of amides is 1. The van der Waals surface area contributed by atoms with Crippen LogP contribution < -0.4 is 24.4 Å². The van der Waals surface area contributed by atoms with E-state index in [9.17, 15) is 19.5 Å². The van der Waals surface area contributed by atoms with Crippen LogP contribution in [0.5, 0.6) is 11.5 Å². The molecule has 1 atom stereocenters. The van der Waals surface area contributed by atoms with Gasteiger partial charge in [0.15, 0.2) is 4.80 Å². The van der Waals surface area contributed by atoms with Gasteiger partial charge in [0.1, 0.15) is 29.1 Å². The highest BCUT2D eigenvalue weighted by Crippen LogP contribution is 2.38. The molecule has 0 radical (unpaired) electrons. The first-order valence-corrected chi connectivity index (χ1v) is 14.9. The third-order valence-corrected chi connectivity index (χ3v) is 8.75. The fraction of sp³-hybridized carbons (Fsp3) is 0.273. The molecule has 1 aliphatic heterocycles. The number of allylic oxidation sites excluding steroid dienone is 1. The lowest BCUT2D eigenvalue weighted by Gasteiger charge is -2.30. The molecule has 1 amide bonds. The molecule has 4 aromatic rings. The van der Waals surface area contributed by atoms with Crippen molar-refractivity contribution >= 4 is 29.3 Å². The summed E-state index contributed by atoms with van der Waals surface area (Å²) in [4.78, 5) is 46.6. The number of aromatic nitrogens is 1. The molecule has 3 heterocycles. The first-order chi connectivity index (χ1) is 21.1. The maximum Gasteiger partial charge on any atom is 0.335 e. The van der Waals surface area contributed by atoms with Gasteiger partial charge in [-0.2, -0.15) is 0 Å². The Bertz CT molecular complexity index is 1980. The molecule has 0 unspecified atom stereocenters. The predicted octanol–water partition coefficient (Wildman–Crippen LogP) is 4.39. The fourth-order valence-electron chi connectivity index (χ4n) is 5.46. The predicted molar refractivity (Wildman–Crippen MR) is 167 cm³/mol. The Morgan fingerprint density at radius 1 is 1.09 bits per heavy atom. The molecule has 228 valence electrons. The van der Waals surface area contributed by atoms with Crippen molar-refractivity contribution in [3.63, 3.8) is 0 Å². The number of furan rings is 1. The van der Waals surface area contributed by atoms with E-state index in [1.807, 2.05) is 13.8 Å². The minimum Gasteiger partial charge on any atom is -0.497 e. The van der Waals surface area contributed by atoms with E-state index in [4.69, 9.17) is 18.9 Å². The average molecular weight is 616 g/mol. The van der Waals surface area contributed by atoms with Crippen molar-refractivity contribution in [2.45, 2.75) is 33.7 Å². The van der Waals surface area contributed by atoms with Crippen molar-refractivity contribution < 1.29 is 28.6 Å². The molecule has 2 aromatic heterocycles. The first-order valence-electron chi connectivity index (χ1n) is 14.1. The van der Waals surface area contributed by atoms with Crippen molar-refractivity contribution in [1.82, 2.24) is 9.47 Å². The smallest absolute Gasteiger partial charge is 0.335 e. The number of hydrogen-bond acceptors (Lipinski definition) is 8. The summed E-state index contributed by atoms with van der Waals surface area (Å²) in [5.74, 6) is 0.712. The van der Waals surface area contributed by atoms with Gasteiger partial charge in [0.05, 0.1) is 35.6 Å². The van der Waals surface area contributed by atoms with Crippen molar-refractivity contribution in [1.29, 1.82) is 0 Å². The third-order valence-electron chi connectivity index (χ3n) is 7.76. The summed E-state index contributed by atoms with van der Waals surface area (Å²) in [5.41, 5.74) is 2.56. The topological polar surface area (TPSA) is 124 Å². The number of likely N-dealkylation sites (N-methyl/N-ethyl adjacent to an activating group) is 1. The average Bonchev–Trinajstić information content (AvgIpc) is 3.60. The normalized spacial score (nSPS) is 14.7.